The second kappa shape index (κ2) is 14.9. The van der Waals surface area contributed by atoms with Crippen molar-refractivity contribution in [3.8, 4) is 33.4 Å². The summed E-state index contributed by atoms with van der Waals surface area (Å²) in [6.45, 7) is 6.66. The van der Waals surface area contributed by atoms with Gasteiger partial charge in [0.25, 0.3) is 0 Å². The van der Waals surface area contributed by atoms with Crippen LogP contribution < -0.4 is 20.6 Å². The molecule has 0 fully saturated rings. The highest BCUT2D eigenvalue weighted by Crippen LogP contribution is 2.53. The van der Waals surface area contributed by atoms with Gasteiger partial charge in [-0.05, 0) is 120 Å². The molecule has 2 aromatic heterocycles. The van der Waals surface area contributed by atoms with E-state index in [0.717, 1.165) is 77.7 Å². The quantitative estimate of drug-likeness (QED) is 0.165. The highest BCUT2D eigenvalue weighted by molar-refractivity contribution is 6.94. The summed E-state index contributed by atoms with van der Waals surface area (Å²) in [7, 11) is 0. The molecular formula is C66H45BN2O2. The molecule has 11 aromatic carbocycles. The summed E-state index contributed by atoms with van der Waals surface area (Å²) in [5.41, 5.74) is 19.8. The lowest BCUT2D eigenvalue weighted by Gasteiger charge is -2.46. The van der Waals surface area contributed by atoms with Crippen LogP contribution in [0.15, 0.2) is 227 Å². The van der Waals surface area contributed by atoms with Crippen molar-refractivity contribution in [2.75, 3.05) is 9.71 Å². The Labute approximate surface area is 411 Å². The van der Waals surface area contributed by atoms with Crippen LogP contribution in [-0.4, -0.2) is 6.85 Å². The van der Waals surface area contributed by atoms with Gasteiger partial charge in [-0.25, -0.2) is 0 Å². The van der Waals surface area contributed by atoms with Gasteiger partial charge >= 0.3 is 6.85 Å². The molecule has 334 valence electrons. The molecule has 0 saturated carbocycles. The number of nitrogens with zero attached hydrogens (tertiary/aromatic N) is 2. The number of rotatable bonds is 4. The molecule has 0 N–H and O–H groups in total. The molecule has 13 aromatic rings. The number of hydrogen-bond acceptors (Lipinski definition) is 4. The Bertz CT molecular complexity index is 4340. The van der Waals surface area contributed by atoms with E-state index in [9.17, 15) is 0 Å². The SMILES string of the molecule is CC(C)(C)c1ccc(N2c3cc4oc5cc6ccccc6cc5c4cc3B3c4c2cc2ccccc2c4-c2cc4c(cc2N3c2ccc(-c3ccccc3)cc2)oc2ccccc24)c(-c2ccccc2)c1. The Hall–Kier alpha value is -8.80. The summed E-state index contributed by atoms with van der Waals surface area (Å²) in [5, 5.41) is 9.17. The second-order valence-corrected chi connectivity index (χ2v) is 20.4. The number of para-hydroxylation sites is 1. The molecule has 0 unspecified atom stereocenters. The Morgan fingerprint density at radius 1 is 0.380 bits per heavy atom. The van der Waals surface area contributed by atoms with Crippen molar-refractivity contribution in [3.05, 3.63) is 224 Å². The van der Waals surface area contributed by atoms with E-state index in [0.29, 0.717) is 0 Å². The first-order valence-electron chi connectivity index (χ1n) is 24.7. The molecule has 0 spiro atoms. The zero-order valence-electron chi connectivity index (χ0n) is 39.6. The molecule has 0 bridgehead atoms. The standard InChI is InChI=1S/C66H45BN2O2/c1-66(2,3)46-28-31-56(50(35-46)42-18-8-5-9-19-42)68-58-39-63-53(51-32-43-20-10-11-21-44(43)34-61(51)71-63)37-55(58)67-65-59(68)33-45-22-12-13-23-48(45)64(65)54-36-52-49-24-14-15-25-60(49)70-62(52)38-57(54)69(67)47-29-26-41(27-30-47)40-16-6-4-7-17-40/h4-39H,1-3H3. The van der Waals surface area contributed by atoms with Crippen molar-refractivity contribution < 1.29 is 8.83 Å². The predicted molar refractivity (Wildman–Crippen MR) is 299 cm³/mol. The monoisotopic (exact) mass is 908 g/mol. The summed E-state index contributed by atoms with van der Waals surface area (Å²) in [6, 6.07) is 80.3. The molecular weight excluding hydrogens is 864 g/mol. The Balaban J connectivity index is 1.10. The average molecular weight is 909 g/mol. The van der Waals surface area contributed by atoms with Crippen LogP contribution in [0.1, 0.15) is 26.3 Å². The van der Waals surface area contributed by atoms with Gasteiger partial charge in [0, 0.05) is 67.6 Å². The van der Waals surface area contributed by atoms with Crippen LogP contribution in [0, 0.1) is 0 Å². The van der Waals surface area contributed by atoms with Gasteiger partial charge in [-0.15, -0.1) is 0 Å². The first-order chi connectivity index (χ1) is 34.8. The minimum Gasteiger partial charge on any atom is -0.456 e. The largest absolute Gasteiger partial charge is 0.456 e. The van der Waals surface area contributed by atoms with Crippen molar-refractivity contribution >= 4 is 112 Å². The predicted octanol–water partition coefficient (Wildman–Crippen LogP) is 17.1. The Morgan fingerprint density at radius 3 is 1.73 bits per heavy atom. The zero-order chi connectivity index (χ0) is 47.1. The van der Waals surface area contributed by atoms with Gasteiger partial charge in [-0.3, -0.25) is 0 Å². The fourth-order valence-electron chi connectivity index (χ4n) is 11.9. The summed E-state index contributed by atoms with van der Waals surface area (Å²) >= 11 is 0. The first kappa shape index (κ1) is 40.1. The van der Waals surface area contributed by atoms with Gasteiger partial charge in [0.2, 0.25) is 0 Å². The third kappa shape index (κ3) is 5.99. The number of hydrogen-bond donors (Lipinski definition) is 0. The number of benzene rings is 11. The van der Waals surface area contributed by atoms with E-state index >= 15 is 0 Å². The molecule has 4 heterocycles. The molecule has 0 amide bonds. The molecule has 71 heavy (non-hydrogen) atoms. The maximum Gasteiger partial charge on any atom is 0.333 e. The second-order valence-electron chi connectivity index (χ2n) is 20.4. The molecule has 2 aliphatic rings. The van der Waals surface area contributed by atoms with Gasteiger partial charge in [0.05, 0.1) is 5.69 Å². The van der Waals surface area contributed by atoms with Gasteiger partial charge in [0.1, 0.15) is 22.3 Å². The van der Waals surface area contributed by atoms with Crippen molar-refractivity contribution in [2.24, 2.45) is 0 Å². The lowest BCUT2D eigenvalue weighted by atomic mass is 9.43. The molecule has 2 aliphatic heterocycles. The molecule has 0 saturated heterocycles. The van der Waals surface area contributed by atoms with Crippen molar-refractivity contribution in [2.45, 2.75) is 26.2 Å². The maximum absolute atomic E-state index is 7.00. The van der Waals surface area contributed by atoms with Crippen LogP contribution in [0.5, 0.6) is 0 Å². The van der Waals surface area contributed by atoms with Crippen LogP contribution >= 0.6 is 0 Å². The minimum absolute atomic E-state index is 0.0675. The van der Waals surface area contributed by atoms with E-state index in [4.69, 9.17) is 8.83 Å². The van der Waals surface area contributed by atoms with Gasteiger partial charge in [0.15, 0.2) is 0 Å². The normalized spacial score (nSPS) is 13.2. The summed E-state index contributed by atoms with van der Waals surface area (Å²) < 4.78 is 13.8. The van der Waals surface area contributed by atoms with Crippen LogP contribution in [-0.2, 0) is 5.41 Å². The molecule has 15 rings (SSSR count). The van der Waals surface area contributed by atoms with E-state index < -0.39 is 0 Å². The topological polar surface area (TPSA) is 32.8 Å². The molecule has 0 radical (unpaired) electrons. The maximum atomic E-state index is 7.00. The zero-order valence-corrected chi connectivity index (χ0v) is 39.6. The van der Waals surface area contributed by atoms with Crippen molar-refractivity contribution in [1.29, 1.82) is 0 Å². The van der Waals surface area contributed by atoms with Gasteiger partial charge in [-0.2, -0.15) is 0 Å². The highest BCUT2D eigenvalue weighted by Gasteiger charge is 2.47. The van der Waals surface area contributed by atoms with E-state index in [1.54, 1.807) is 0 Å². The van der Waals surface area contributed by atoms with Crippen LogP contribution in [0.4, 0.5) is 28.4 Å². The Morgan fingerprint density at radius 2 is 0.972 bits per heavy atom. The fraction of sp³-hybridized carbons (Fsp3) is 0.0606. The molecule has 4 nitrogen and oxygen atoms in total. The fourth-order valence-corrected chi connectivity index (χ4v) is 11.9. The van der Waals surface area contributed by atoms with E-state index in [1.807, 2.05) is 0 Å². The minimum atomic E-state index is -0.253. The van der Waals surface area contributed by atoms with Crippen molar-refractivity contribution in [3.63, 3.8) is 0 Å². The summed E-state index contributed by atoms with van der Waals surface area (Å²) in [4.78, 5) is 5.15. The lowest BCUT2D eigenvalue weighted by Crippen LogP contribution is -2.61. The number of anilines is 5. The van der Waals surface area contributed by atoms with Crippen LogP contribution in [0.3, 0.4) is 0 Å². The van der Waals surface area contributed by atoms with Gasteiger partial charge < -0.3 is 18.5 Å². The lowest BCUT2D eigenvalue weighted by molar-refractivity contribution is 0.590. The summed E-state index contributed by atoms with van der Waals surface area (Å²) in [5.74, 6) is 0. The third-order valence-electron chi connectivity index (χ3n) is 15.3. The first-order valence-corrected chi connectivity index (χ1v) is 24.7. The highest BCUT2D eigenvalue weighted by atomic mass is 16.3. The van der Waals surface area contributed by atoms with E-state index in [2.05, 4.69) is 249 Å². The van der Waals surface area contributed by atoms with E-state index in [-0.39, 0.29) is 12.3 Å². The molecule has 0 aliphatic carbocycles. The van der Waals surface area contributed by atoms with Crippen molar-refractivity contribution in [1.82, 2.24) is 0 Å². The van der Waals surface area contributed by atoms with Crippen LogP contribution in [0.25, 0.3) is 98.8 Å². The third-order valence-corrected chi connectivity index (χ3v) is 15.3. The molecule has 0 atom stereocenters. The van der Waals surface area contributed by atoms with Gasteiger partial charge in [-0.1, -0.05) is 172 Å². The van der Waals surface area contributed by atoms with E-state index in [1.165, 1.54) is 66.0 Å². The number of furan rings is 2. The smallest absolute Gasteiger partial charge is 0.333 e. The average Bonchev–Trinajstić information content (AvgIpc) is 3.96. The molecule has 5 heteroatoms. The number of fused-ring (bicyclic) bond motifs is 13. The Kier molecular flexibility index (Phi) is 8.40. The van der Waals surface area contributed by atoms with Crippen LogP contribution in [0.2, 0.25) is 0 Å². The summed E-state index contributed by atoms with van der Waals surface area (Å²) in [6.07, 6.45) is 0.